The highest BCUT2D eigenvalue weighted by atomic mass is 32.1. The number of carbonyl (C=O) groups excluding carboxylic acids is 2. The Morgan fingerprint density at radius 2 is 1.56 bits per heavy atom. The predicted octanol–water partition coefficient (Wildman–Crippen LogP) is 3.36. The highest BCUT2D eigenvalue weighted by Gasteiger charge is 2.23. The Hall–Kier alpha value is -2.40. The van der Waals surface area contributed by atoms with Crippen LogP contribution < -0.4 is 0 Å². The van der Waals surface area contributed by atoms with Crippen LogP contribution in [0.4, 0.5) is 0 Å². The van der Waals surface area contributed by atoms with Crippen molar-refractivity contribution in [1.29, 1.82) is 0 Å². The van der Waals surface area contributed by atoms with Crippen LogP contribution in [-0.4, -0.2) is 47.8 Å². The molecule has 0 atom stereocenters. The molecule has 0 aliphatic carbocycles. The number of benzene rings is 1. The van der Waals surface area contributed by atoms with Crippen LogP contribution >= 0.6 is 11.3 Å². The van der Waals surface area contributed by atoms with E-state index in [1.54, 1.807) is 22.3 Å². The molecular formula is C20H22N2O2S. The summed E-state index contributed by atoms with van der Waals surface area (Å²) in [6, 6.07) is 11.7. The molecule has 1 aliphatic rings. The standard InChI is InChI=1S/C20H22N2O2S/c1-15-3-6-17(7-4-15)20(24)22-13-11-21(12-14-22)19(23)10-9-18-8-5-16(2)25-18/h3-10H,11-14H2,1-2H3/b10-9+. The largest absolute Gasteiger partial charge is 0.336 e. The molecule has 1 saturated heterocycles. The summed E-state index contributed by atoms with van der Waals surface area (Å²) in [7, 11) is 0. The molecule has 2 aromatic rings. The van der Waals surface area contributed by atoms with E-state index in [1.807, 2.05) is 61.2 Å². The number of piperazine rings is 1. The number of amides is 2. The molecule has 2 heterocycles. The lowest BCUT2D eigenvalue weighted by molar-refractivity contribution is -0.127. The highest BCUT2D eigenvalue weighted by molar-refractivity contribution is 7.12. The van der Waals surface area contributed by atoms with Crippen molar-refractivity contribution in [2.45, 2.75) is 13.8 Å². The third-order valence-corrected chi connectivity index (χ3v) is 5.29. The van der Waals surface area contributed by atoms with E-state index in [0.717, 1.165) is 10.4 Å². The summed E-state index contributed by atoms with van der Waals surface area (Å²) < 4.78 is 0. The first-order valence-electron chi connectivity index (χ1n) is 8.42. The Morgan fingerprint density at radius 3 is 2.16 bits per heavy atom. The van der Waals surface area contributed by atoms with Gasteiger partial charge in [0.2, 0.25) is 5.91 Å². The SMILES string of the molecule is Cc1ccc(C(=O)N2CCN(C(=O)/C=C/c3ccc(C)s3)CC2)cc1. The minimum atomic E-state index is 0.00786. The Balaban J connectivity index is 1.54. The van der Waals surface area contributed by atoms with Gasteiger partial charge < -0.3 is 9.80 Å². The maximum absolute atomic E-state index is 12.5. The predicted molar refractivity (Wildman–Crippen MR) is 102 cm³/mol. The number of carbonyl (C=O) groups is 2. The van der Waals surface area contributed by atoms with Crippen molar-refractivity contribution >= 4 is 29.2 Å². The summed E-state index contributed by atoms with van der Waals surface area (Å²) in [5.74, 6) is 0.0465. The fourth-order valence-electron chi connectivity index (χ4n) is 2.81. The fraction of sp³-hybridized carbons (Fsp3) is 0.300. The number of rotatable bonds is 3. The van der Waals surface area contributed by atoms with Gasteiger partial charge >= 0.3 is 0 Å². The van der Waals surface area contributed by atoms with Crippen LogP contribution in [0.15, 0.2) is 42.5 Å². The van der Waals surface area contributed by atoms with Gasteiger partial charge in [-0.3, -0.25) is 9.59 Å². The van der Waals surface area contributed by atoms with Crippen LogP contribution in [0.5, 0.6) is 0 Å². The lowest BCUT2D eigenvalue weighted by Gasteiger charge is -2.34. The van der Waals surface area contributed by atoms with Gasteiger partial charge in [-0.1, -0.05) is 17.7 Å². The molecule has 0 bridgehead atoms. The summed E-state index contributed by atoms with van der Waals surface area (Å²) in [6.07, 6.45) is 3.49. The Kier molecular flexibility index (Phi) is 5.34. The van der Waals surface area contributed by atoms with Crippen LogP contribution in [0.25, 0.3) is 6.08 Å². The second-order valence-corrected chi connectivity index (χ2v) is 7.58. The van der Waals surface area contributed by atoms with Crippen molar-refractivity contribution in [3.8, 4) is 0 Å². The van der Waals surface area contributed by atoms with Crippen molar-refractivity contribution in [2.24, 2.45) is 0 Å². The van der Waals surface area contributed by atoms with Gasteiger partial charge in [-0.25, -0.2) is 0 Å². The minimum Gasteiger partial charge on any atom is -0.336 e. The Bertz CT molecular complexity index is 784. The average molecular weight is 354 g/mol. The van der Waals surface area contributed by atoms with E-state index in [4.69, 9.17) is 0 Å². The molecule has 2 amide bonds. The Morgan fingerprint density at radius 1 is 0.920 bits per heavy atom. The van der Waals surface area contributed by atoms with E-state index < -0.39 is 0 Å². The van der Waals surface area contributed by atoms with Gasteiger partial charge in [0.15, 0.2) is 0 Å². The zero-order valence-corrected chi connectivity index (χ0v) is 15.4. The van der Waals surface area contributed by atoms with E-state index in [-0.39, 0.29) is 11.8 Å². The van der Waals surface area contributed by atoms with Crippen LogP contribution in [-0.2, 0) is 4.79 Å². The normalized spacial score (nSPS) is 15.0. The maximum atomic E-state index is 12.5. The smallest absolute Gasteiger partial charge is 0.253 e. The molecule has 1 aliphatic heterocycles. The van der Waals surface area contributed by atoms with Crippen LogP contribution in [0.1, 0.15) is 25.7 Å². The van der Waals surface area contributed by atoms with Crippen LogP contribution in [0, 0.1) is 13.8 Å². The molecule has 25 heavy (non-hydrogen) atoms. The van der Waals surface area contributed by atoms with Gasteiger partial charge in [0.1, 0.15) is 0 Å². The molecule has 0 saturated carbocycles. The van der Waals surface area contributed by atoms with E-state index >= 15 is 0 Å². The number of aryl methyl sites for hydroxylation is 2. The van der Waals surface area contributed by atoms with Crippen molar-refractivity contribution in [3.05, 3.63) is 63.4 Å². The second kappa shape index (κ2) is 7.66. The van der Waals surface area contributed by atoms with Gasteiger partial charge in [0.05, 0.1) is 0 Å². The lowest BCUT2D eigenvalue weighted by Crippen LogP contribution is -2.50. The van der Waals surface area contributed by atoms with Crippen LogP contribution in [0.2, 0.25) is 0 Å². The van der Waals surface area contributed by atoms with Crippen molar-refractivity contribution in [1.82, 2.24) is 9.80 Å². The van der Waals surface area contributed by atoms with Gasteiger partial charge in [0.25, 0.3) is 5.91 Å². The zero-order chi connectivity index (χ0) is 17.8. The van der Waals surface area contributed by atoms with E-state index in [9.17, 15) is 9.59 Å². The molecule has 0 radical (unpaired) electrons. The van der Waals surface area contributed by atoms with Crippen molar-refractivity contribution in [2.75, 3.05) is 26.2 Å². The number of hydrogen-bond acceptors (Lipinski definition) is 3. The van der Waals surface area contributed by atoms with E-state index in [2.05, 4.69) is 0 Å². The first-order chi connectivity index (χ1) is 12.0. The maximum Gasteiger partial charge on any atom is 0.253 e. The summed E-state index contributed by atoms with van der Waals surface area (Å²) in [5, 5.41) is 0. The van der Waals surface area contributed by atoms with Gasteiger partial charge in [-0.2, -0.15) is 0 Å². The number of hydrogen-bond donors (Lipinski definition) is 0. The lowest BCUT2D eigenvalue weighted by atomic mass is 10.1. The summed E-state index contributed by atoms with van der Waals surface area (Å²) in [5.41, 5.74) is 1.85. The fourth-order valence-corrected chi connectivity index (χ4v) is 3.59. The summed E-state index contributed by atoms with van der Waals surface area (Å²) in [6.45, 7) is 6.35. The molecule has 4 nitrogen and oxygen atoms in total. The molecule has 130 valence electrons. The molecule has 1 fully saturated rings. The molecule has 1 aromatic carbocycles. The van der Waals surface area contributed by atoms with Gasteiger partial charge in [0, 0.05) is 47.6 Å². The minimum absolute atomic E-state index is 0.00786. The van der Waals surface area contributed by atoms with Crippen molar-refractivity contribution < 1.29 is 9.59 Å². The van der Waals surface area contributed by atoms with Gasteiger partial charge in [-0.05, 0) is 44.2 Å². The molecular weight excluding hydrogens is 332 g/mol. The molecule has 0 N–H and O–H groups in total. The van der Waals surface area contributed by atoms with Gasteiger partial charge in [-0.15, -0.1) is 11.3 Å². The topological polar surface area (TPSA) is 40.6 Å². The van der Waals surface area contributed by atoms with E-state index in [1.165, 1.54) is 4.88 Å². The third kappa shape index (κ3) is 4.37. The molecule has 3 rings (SSSR count). The highest BCUT2D eigenvalue weighted by Crippen LogP contribution is 2.17. The molecule has 0 spiro atoms. The summed E-state index contributed by atoms with van der Waals surface area (Å²) >= 11 is 1.67. The molecule has 5 heteroatoms. The van der Waals surface area contributed by atoms with Crippen molar-refractivity contribution in [3.63, 3.8) is 0 Å². The number of nitrogens with zero attached hydrogens (tertiary/aromatic N) is 2. The van der Waals surface area contributed by atoms with E-state index in [0.29, 0.717) is 31.7 Å². The second-order valence-electron chi connectivity index (χ2n) is 6.27. The third-order valence-electron chi connectivity index (χ3n) is 4.33. The first-order valence-corrected chi connectivity index (χ1v) is 9.24. The average Bonchev–Trinajstić information content (AvgIpc) is 3.05. The first kappa shape index (κ1) is 17.4. The quantitative estimate of drug-likeness (QED) is 0.793. The van der Waals surface area contributed by atoms with Crippen LogP contribution in [0.3, 0.4) is 0 Å². The summed E-state index contributed by atoms with van der Waals surface area (Å²) in [4.78, 5) is 30.7. The Labute approximate surface area is 152 Å². The molecule has 0 unspecified atom stereocenters. The molecule has 1 aromatic heterocycles. The number of thiophene rings is 1. The zero-order valence-electron chi connectivity index (χ0n) is 14.6. The monoisotopic (exact) mass is 354 g/mol.